The molecule has 0 spiro atoms. The highest BCUT2D eigenvalue weighted by atomic mass is 32.1. The molecule has 4 aromatic rings. The van der Waals surface area contributed by atoms with E-state index < -0.39 is 0 Å². The van der Waals surface area contributed by atoms with Crippen molar-refractivity contribution in [1.82, 2.24) is 15.1 Å². The van der Waals surface area contributed by atoms with Crippen LogP contribution < -0.4 is 10.1 Å². The van der Waals surface area contributed by atoms with Gasteiger partial charge in [0.15, 0.2) is 0 Å². The molecule has 28 heavy (non-hydrogen) atoms. The molecule has 2 aromatic carbocycles. The minimum Gasteiger partial charge on any atom is -0.497 e. The predicted octanol–water partition coefficient (Wildman–Crippen LogP) is 4.54. The minimum absolute atomic E-state index is 0.159. The Morgan fingerprint density at radius 3 is 2.71 bits per heavy atom. The van der Waals surface area contributed by atoms with E-state index in [-0.39, 0.29) is 5.91 Å². The average Bonchev–Trinajstić information content (AvgIpc) is 3.42. The molecule has 0 atom stereocenters. The zero-order valence-electron chi connectivity index (χ0n) is 15.3. The molecule has 2 heterocycles. The summed E-state index contributed by atoms with van der Waals surface area (Å²) < 4.78 is 6.99. The van der Waals surface area contributed by atoms with Crippen LogP contribution in [0.1, 0.15) is 15.9 Å². The quantitative estimate of drug-likeness (QED) is 0.527. The molecular formula is C22H19N3O2S. The highest BCUT2D eigenvalue weighted by Gasteiger charge is 2.19. The van der Waals surface area contributed by atoms with Gasteiger partial charge in [0.1, 0.15) is 11.4 Å². The van der Waals surface area contributed by atoms with Crippen molar-refractivity contribution in [3.05, 3.63) is 89.4 Å². The van der Waals surface area contributed by atoms with Gasteiger partial charge in [-0.05, 0) is 41.3 Å². The third-order valence-corrected chi connectivity index (χ3v) is 5.20. The van der Waals surface area contributed by atoms with Gasteiger partial charge >= 0.3 is 0 Å². The monoisotopic (exact) mass is 389 g/mol. The summed E-state index contributed by atoms with van der Waals surface area (Å²) in [5.41, 5.74) is 3.11. The fourth-order valence-corrected chi connectivity index (χ4v) is 3.63. The van der Waals surface area contributed by atoms with E-state index in [9.17, 15) is 4.79 Å². The van der Waals surface area contributed by atoms with Crippen molar-refractivity contribution in [3.63, 3.8) is 0 Å². The zero-order chi connectivity index (χ0) is 19.3. The second kappa shape index (κ2) is 8.10. The molecule has 0 aliphatic heterocycles. The van der Waals surface area contributed by atoms with Gasteiger partial charge in [-0.3, -0.25) is 4.79 Å². The first-order valence-electron chi connectivity index (χ1n) is 8.84. The Kier molecular flexibility index (Phi) is 5.21. The number of nitrogens with one attached hydrogen (secondary N) is 1. The minimum atomic E-state index is -0.159. The van der Waals surface area contributed by atoms with Crippen LogP contribution >= 0.6 is 11.3 Å². The summed E-state index contributed by atoms with van der Waals surface area (Å²) in [7, 11) is 1.63. The third kappa shape index (κ3) is 3.82. The maximum atomic E-state index is 12.9. The molecule has 0 aliphatic rings. The molecule has 0 saturated carbocycles. The molecule has 2 aromatic heterocycles. The fraction of sp³-hybridized carbons (Fsp3) is 0.0909. The van der Waals surface area contributed by atoms with Gasteiger partial charge < -0.3 is 10.1 Å². The van der Waals surface area contributed by atoms with E-state index in [1.807, 2.05) is 72.1 Å². The van der Waals surface area contributed by atoms with Crippen LogP contribution in [0.4, 0.5) is 0 Å². The molecule has 5 nitrogen and oxygen atoms in total. The van der Waals surface area contributed by atoms with Crippen LogP contribution in [0.3, 0.4) is 0 Å². The largest absolute Gasteiger partial charge is 0.497 e. The number of carbonyl (C=O) groups is 1. The van der Waals surface area contributed by atoms with Crippen LogP contribution in [0.25, 0.3) is 16.3 Å². The summed E-state index contributed by atoms with van der Waals surface area (Å²) in [6.07, 6.45) is 1.78. The first kappa shape index (κ1) is 18.0. The lowest BCUT2D eigenvalue weighted by atomic mass is 10.2. The molecule has 0 saturated heterocycles. The number of hydrogen-bond donors (Lipinski definition) is 1. The number of rotatable bonds is 6. The number of amides is 1. The molecule has 6 heteroatoms. The van der Waals surface area contributed by atoms with Crippen molar-refractivity contribution in [2.45, 2.75) is 6.54 Å². The lowest BCUT2D eigenvalue weighted by Gasteiger charge is -2.06. The highest BCUT2D eigenvalue weighted by Crippen LogP contribution is 2.28. The van der Waals surface area contributed by atoms with E-state index in [1.54, 1.807) is 29.3 Å². The number of aromatic nitrogens is 2. The van der Waals surface area contributed by atoms with Crippen LogP contribution in [0, 0.1) is 0 Å². The summed E-state index contributed by atoms with van der Waals surface area (Å²) in [5.74, 6) is 0.608. The van der Waals surface area contributed by atoms with Crippen molar-refractivity contribution in [2.24, 2.45) is 0 Å². The molecule has 0 unspecified atom stereocenters. The smallest absolute Gasteiger partial charge is 0.255 e. The molecule has 1 N–H and O–H groups in total. The standard InChI is InChI=1S/C22H19N3O2S/c1-27-18-10-5-7-16(13-18)14-23-22(26)19-15-25(17-8-3-2-4-9-17)24-21(19)20-11-6-12-28-20/h2-13,15H,14H2,1H3,(H,23,26). The second-order valence-corrected chi connectivity index (χ2v) is 7.13. The summed E-state index contributed by atoms with van der Waals surface area (Å²) >= 11 is 1.56. The van der Waals surface area contributed by atoms with Gasteiger partial charge in [-0.15, -0.1) is 11.3 Å². The molecule has 4 rings (SSSR count). The molecular weight excluding hydrogens is 370 g/mol. The van der Waals surface area contributed by atoms with Gasteiger partial charge in [0, 0.05) is 12.7 Å². The third-order valence-electron chi connectivity index (χ3n) is 4.32. The number of nitrogens with zero attached hydrogens (tertiary/aromatic N) is 2. The van der Waals surface area contributed by atoms with Crippen molar-refractivity contribution >= 4 is 17.2 Å². The lowest BCUT2D eigenvalue weighted by Crippen LogP contribution is -2.23. The van der Waals surface area contributed by atoms with E-state index in [4.69, 9.17) is 4.74 Å². The number of thiophene rings is 1. The molecule has 0 aliphatic carbocycles. The van der Waals surface area contributed by atoms with Gasteiger partial charge in [0.2, 0.25) is 0 Å². The number of benzene rings is 2. The number of methoxy groups -OCH3 is 1. The van der Waals surface area contributed by atoms with Crippen LogP contribution in [0.5, 0.6) is 5.75 Å². The second-order valence-electron chi connectivity index (χ2n) is 6.18. The number of carbonyl (C=O) groups excluding carboxylic acids is 1. The Morgan fingerprint density at radius 2 is 1.96 bits per heavy atom. The topological polar surface area (TPSA) is 56.1 Å². The van der Waals surface area contributed by atoms with Crippen LogP contribution in [0.15, 0.2) is 78.3 Å². The first-order valence-corrected chi connectivity index (χ1v) is 9.72. The summed E-state index contributed by atoms with van der Waals surface area (Å²) in [4.78, 5) is 13.9. The Morgan fingerprint density at radius 1 is 1.11 bits per heavy atom. The van der Waals surface area contributed by atoms with Gasteiger partial charge in [-0.2, -0.15) is 5.10 Å². The van der Waals surface area contributed by atoms with Crippen LogP contribution in [-0.2, 0) is 6.54 Å². The van der Waals surface area contributed by atoms with Crippen molar-refractivity contribution in [2.75, 3.05) is 7.11 Å². The number of ether oxygens (including phenoxy) is 1. The van der Waals surface area contributed by atoms with Gasteiger partial charge in [-0.1, -0.05) is 36.4 Å². The van der Waals surface area contributed by atoms with Crippen molar-refractivity contribution in [3.8, 4) is 22.0 Å². The summed E-state index contributed by atoms with van der Waals surface area (Å²) in [5, 5.41) is 9.64. The van der Waals surface area contributed by atoms with E-state index in [0.717, 1.165) is 21.9 Å². The van der Waals surface area contributed by atoms with Gasteiger partial charge in [-0.25, -0.2) is 4.68 Å². The zero-order valence-corrected chi connectivity index (χ0v) is 16.1. The highest BCUT2D eigenvalue weighted by molar-refractivity contribution is 7.13. The van der Waals surface area contributed by atoms with E-state index >= 15 is 0 Å². The number of para-hydroxylation sites is 1. The van der Waals surface area contributed by atoms with Crippen molar-refractivity contribution in [1.29, 1.82) is 0 Å². The van der Waals surface area contributed by atoms with E-state index in [2.05, 4.69) is 10.4 Å². The van der Waals surface area contributed by atoms with E-state index in [1.165, 1.54) is 0 Å². The molecule has 1 amide bonds. The first-order chi connectivity index (χ1) is 13.7. The van der Waals surface area contributed by atoms with Gasteiger partial charge in [0.05, 0.1) is 23.2 Å². The Balaban J connectivity index is 1.62. The summed E-state index contributed by atoms with van der Waals surface area (Å²) in [6.45, 7) is 0.413. The van der Waals surface area contributed by atoms with Gasteiger partial charge in [0.25, 0.3) is 5.91 Å². The summed E-state index contributed by atoms with van der Waals surface area (Å²) in [6, 6.07) is 21.4. The number of hydrogen-bond acceptors (Lipinski definition) is 4. The normalized spacial score (nSPS) is 10.6. The maximum Gasteiger partial charge on any atom is 0.255 e. The maximum absolute atomic E-state index is 12.9. The van der Waals surface area contributed by atoms with E-state index in [0.29, 0.717) is 17.8 Å². The SMILES string of the molecule is COc1cccc(CNC(=O)c2cn(-c3ccccc3)nc2-c2cccs2)c1. The lowest BCUT2D eigenvalue weighted by molar-refractivity contribution is 0.0951. The molecule has 140 valence electrons. The average molecular weight is 389 g/mol. The Hall–Kier alpha value is -3.38. The Labute approximate surface area is 167 Å². The predicted molar refractivity (Wildman–Crippen MR) is 111 cm³/mol. The molecule has 0 bridgehead atoms. The van der Waals surface area contributed by atoms with Crippen molar-refractivity contribution < 1.29 is 9.53 Å². The fourth-order valence-electron chi connectivity index (χ4n) is 2.91. The Bertz CT molecular complexity index is 1070. The molecule has 0 radical (unpaired) electrons. The van der Waals surface area contributed by atoms with Crippen LogP contribution in [-0.4, -0.2) is 22.8 Å². The van der Waals surface area contributed by atoms with Crippen LogP contribution in [0.2, 0.25) is 0 Å². The molecule has 0 fully saturated rings.